The van der Waals surface area contributed by atoms with E-state index in [0.717, 1.165) is 23.0 Å². The third kappa shape index (κ3) is 3.35. The molecule has 2 heterocycles. The van der Waals surface area contributed by atoms with Gasteiger partial charge in [-0.2, -0.15) is 0 Å². The Morgan fingerprint density at radius 3 is 2.45 bits per heavy atom. The third-order valence-electron chi connectivity index (χ3n) is 4.23. The van der Waals surface area contributed by atoms with Gasteiger partial charge in [-0.25, -0.2) is 4.98 Å². The smallest absolute Gasteiger partial charge is 0.336 e. The molecule has 0 spiro atoms. The van der Waals surface area contributed by atoms with Gasteiger partial charge < -0.3 is 14.7 Å². The minimum absolute atomic E-state index is 0.0646. The van der Waals surface area contributed by atoms with Crippen molar-refractivity contribution in [2.24, 2.45) is 0 Å². The van der Waals surface area contributed by atoms with Crippen LogP contribution in [0.2, 0.25) is 6.82 Å². The maximum atomic E-state index is 10.2. The summed E-state index contributed by atoms with van der Waals surface area (Å²) in [5.74, 6) is 0. The lowest BCUT2D eigenvalue weighted by molar-refractivity contribution is -0.0917. The molecule has 1 saturated heterocycles. The van der Waals surface area contributed by atoms with Crippen LogP contribution in [0, 0.1) is 0 Å². The molecule has 1 N–H and O–H groups in total. The highest BCUT2D eigenvalue weighted by atomic mass is 32.1. The fraction of sp³-hybridized carbons (Fsp3) is 0.786. The third-order valence-corrected chi connectivity index (χ3v) is 5.45. The Labute approximate surface area is 126 Å². The molecular weight excluding hydrogens is 271 g/mol. The fourth-order valence-electron chi connectivity index (χ4n) is 2.16. The molecule has 112 valence electrons. The van der Waals surface area contributed by atoms with Gasteiger partial charge in [-0.15, -0.1) is 11.3 Å². The molecule has 0 aliphatic carbocycles. The Kier molecular flexibility index (Phi) is 4.47. The molecule has 0 radical (unpaired) electrons. The van der Waals surface area contributed by atoms with E-state index in [0.29, 0.717) is 0 Å². The van der Waals surface area contributed by atoms with E-state index in [-0.39, 0.29) is 6.92 Å². The molecule has 0 amide bonds. The minimum atomic E-state index is -0.885. The van der Waals surface area contributed by atoms with E-state index in [1.165, 1.54) is 12.8 Å². The summed E-state index contributed by atoms with van der Waals surface area (Å²) in [6, 6.07) is 0. The zero-order valence-corrected chi connectivity index (χ0v) is 14.0. The molecule has 0 saturated carbocycles. The van der Waals surface area contributed by atoms with Crippen LogP contribution in [-0.2, 0) is 4.65 Å². The fourth-order valence-corrected chi connectivity index (χ4v) is 3.11. The quantitative estimate of drug-likeness (QED) is 0.846. The number of hydrogen-bond donors (Lipinski definition) is 1. The number of anilines is 1. The molecule has 1 aliphatic heterocycles. The van der Waals surface area contributed by atoms with Crippen LogP contribution in [0.25, 0.3) is 0 Å². The Morgan fingerprint density at radius 1 is 1.30 bits per heavy atom. The molecule has 6 heteroatoms. The van der Waals surface area contributed by atoms with E-state index < -0.39 is 11.2 Å². The van der Waals surface area contributed by atoms with Crippen LogP contribution in [0.1, 0.15) is 40.5 Å². The molecule has 1 aromatic rings. The van der Waals surface area contributed by atoms with Crippen molar-refractivity contribution in [3.8, 4) is 0 Å². The number of hydrogen-bond acceptors (Lipinski definition) is 5. The molecular formula is C14H25BN2O2S. The Balaban J connectivity index is 2.04. The topological polar surface area (TPSA) is 45.6 Å². The molecule has 0 atom stereocenters. The average molecular weight is 296 g/mol. The molecule has 20 heavy (non-hydrogen) atoms. The van der Waals surface area contributed by atoms with Crippen LogP contribution < -0.4 is 9.68 Å². The summed E-state index contributed by atoms with van der Waals surface area (Å²) in [6.45, 7) is 11.6. The second-order valence-corrected chi connectivity index (χ2v) is 7.61. The van der Waals surface area contributed by atoms with E-state index in [9.17, 15) is 5.11 Å². The van der Waals surface area contributed by atoms with Crippen molar-refractivity contribution in [1.29, 1.82) is 0 Å². The van der Waals surface area contributed by atoms with Gasteiger partial charge in [0.25, 0.3) is 0 Å². The molecule has 4 nitrogen and oxygen atoms in total. The number of thiazole rings is 1. The minimum Gasteiger partial charge on any atom is -0.423 e. The lowest BCUT2D eigenvalue weighted by atomic mass is 9.68. The lowest BCUT2D eigenvalue weighted by Gasteiger charge is -2.39. The van der Waals surface area contributed by atoms with Gasteiger partial charge in [-0.05, 0) is 40.5 Å². The number of aliphatic hydroxyl groups is 1. The standard InChI is InChI=1S/C14H25BN2O2S/c1-13(2,18)14(3,4)19-15(5)11-10-16-12(20-11)17-8-6-7-9-17/h10,18H,6-9H2,1-5H3. The summed E-state index contributed by atoms with van der Waals surface area (Å²) in [4.78, 5) is 6.85. The molecule has 0 unspecified atom stereocenters. The van der Waals surface area contributed by atoms with E-state index in [4.69, 9.17) is 4.65 Å². The van der Waals surface area contributed by atoms with Crippen molar-refractivity contribution in [3.63, 3.8) is 0 Å². The van der Waals surface area contributed by atoms with E-state index >= 15 is 0 Å². The second-order valence-electron chi connectivity index (χ2n) is 6.57. The van der Waals surface area contributed by atoms with Crippen molar-refractivity contribution in [2.75, 3.05) is 18.0 Å². The van der Waals surface area contributed by atoms with Crippen molar-refractivity contribution in [2.45, 2.75) is 58.6 Å². The monoisotopic (exact) mass is 296 g/mol. The first-order valence-electron chi connectivity index (χ1n) is 7.31. The second kappa shape index (κ2) is 5.66. The van der Waals surface area contributed by atoms with Crippen LogP contribution in [0.15, 0.2) is 6.20 Å². The largest absolute Gasteiger partial charge is 0.423 e. The first-order chi connectivity index (χ1) is 9.21. The van der Waals surface area contributed by atoms with E-state index in [1.54, 1.807) is 25.2 Å². The van der Waals surface area contributed by atoms with Gasteiger partial charge in [0.1, 0.15) is 0 Å². The average Bonchev–Trinajstić information content (AvgIpc) is 2.98. The Hall–Kier alpha value is -0.585. The predicted molar refractivity (Wildman–Crippen MR) is 86.3 cm³/mol. The van der Waals surface area contributed by atoms with Gasteiger partial charge in [0, 0.05) is 24.1 Å². The Bertz CT molecular complexity index is 450. The van der Waals surface area contributed by atoms with Crippen molar-refractivity contribution in [1.82, 2.24) is 4.98 Å². The molecule has 2 rings (SSSR count). The number of nitrogens with zero attached hydrogens (tertiary/aromatic N) is 2. The van der Waals surface area contributed by atoms with Gasteiger partial charge in [0.05, 0.1) is 11.2 Å². The highest BCUT2D eigenvalue weighted by Crippen LogP contribution is 2.27. The van der Waals surface area contributed by atoms with Gasteiger partial charge in [0.2, 0.25) is 0 Å². The predicted octanol–water partition coefficient (Wildman–Crippen LogP) is 2.14. The van der Waals surface area contributed by atoms with Crippen LogP contribution >= 0.6 is 11.3 Å². The van der Waals surface area contributed by atoms with Crippen LogP contribution in [-0.4, -0.2) is 41.3 Å². The molecule has 0 aromatic carbocycles. The number of rotatable bonds is 5. The van der Waals surface area contributed by atoms with Gasteiger partial charge in [-0.3, -0.25) is 0 Å². The zero-order valence-electron chi connectivity index (χ0n) is 13.1. The first-order valence-corrected chi connectivity index (χ1v) is 8.13. The van der Waals surface area contributed by atoms with E-state index in [1.807, 2.05) is 26.9 Å². The molecule has 0 bridgehead atoms. The van der Waals surface area contributed by atoms with Crippen molar-refractivity contribution >= 4 is 28.2 Å². The first kappa shape index (κ1) is 15.8. The maximum absolute atomic E-state index is 10.2. The Morgan fingerprint density at radius 2 is 1.90 bits per heavy atom. The van der Waals surface area contributed by atoms with Gasteiger partial charge in [0.15, 0.2) is 5.13 Å². The summed E-state index contributed by atoms with van der Waals surface area (Å²) < 4.78 is 7.18. The van der Waals surface area contributed by atoms with Crippen LogP contribution in [0.3, 0.4) is 0 Å². The summed E-state index contributed by atoms with van der Waals surface area (Å²) in [6.07, 6.45) is 4.42. The lowest BCUT2D eigenvalue weighted by Crippen LogP contribution is -2.51. The highest BCUT2D eigenvalue weighted by molar-refractivity contribution is 7.25. The van der Waals surface area contributed by atoms with Crippen molar-refractivity contribution in [3.05, 3.63) is 6.20 Å². The summed E-state index contributed by atoms with van der Waals surface area (Å²) in [7, 11) is 0. The summed E-state index contributed by atoms with van der Waals surface area (Å²) >= 11 is 1.70. The van der Waals surface area contributed by atoms with Crippen molar-refractivity contribution < 1.29 is 9.76 Å². The molecule has 1 fully saturated rings. The van der Waals surface area contributed by atoms with Gasteiger partial charge >= 0.3 is 6.92 Å². The maximum Gasteiger partial charge on any atom is 0.336 e. The number of aromatic nitrogens is 1. The summed E-state index contributed by atoms with van der Waals surface area (Å²) in [5, 5.41) is 11.3. The zero-order chi connectivity index (χ0) is 15.0. The summed E-state index contributed by atoms with van der Waals surface area (Å²) in [5.41, 5.74) is -1.49. The van der Waals surface area contributed by atoms with Crippen LogP contribution in [0.4, 0.5) is 5.13 Å². The van der Waals surface area contributed by atoms with Crippen LogP contribution in [0.5, 0.6) is 0 Å². The highest BCUT2D eigenvalue weighted by Gasteiger charge is 2.38. The van der Waals surface area contributed by atoms with Gasteiger partial charge in [-0.1, -0.05) is 6.82 Å². The SMILES string of the molecule is CB(OC(C)(C)C(C)(C)O)c1cnc(N2CCCC2)s1. The molecule has 1 aliphatic rings. The van der Waals surface area contributed by atoms with E-state index in [2.05, 4.69) is 9.88 Å². The molecule has 1 aromatic heterocycles. The normalized spacial score (nSPS) is 16.8.